The van der Waals surface area contributed by atoms with Gasteiger partial charge in [-0.1, -0.05) is 12.1 Å². The third kappa shape index (κ3) is 6.12. The standard InChI is InChI=1S/C27H30N6O5/c1-17(34)28-9-10-29-24(35)13-18-6-5-7-21(12-18)33-11-8-19-16-30-27(32-26(19)33)31-20-14-22(36-2)25(38-4)23(15-20)37-3/h5-8,11-12,14-16H,9-10,13H2,1-4H3,(H,28,34)(H,29,35)(H,30,31,32). The maximum absolute atomic E-state index is 12.3. The molecule has 2 heterocycles. The summed E-state index contributed by atoms with van der Waals surface area (Å²) in [6.45, 7) is 2.21. The smallest absolute Gasteiger partial charge is 0.229 e. The molecular weight excluding hydrogens is 488 g/mol. The summed E-state index contributed by atoms with van der Waals surface area (Å²) in [5.74, 6) is 1.65. The number of hydrogen-bond donors (Lipinski definition) is 3. The van der Waals surface area contributed by atoms with E-state index in [-0.39, 0.29) is 18.2 Å². The molecule has 4 aromatic rings. The Labute approximate surface area is 220 Å². The minimum absolute atomic E-state index is 0.121. The third-order valence-corrected chi connectivity index (χ3v) is 5.72. The first-order valence-corrected chi connectivity index (χ1v) is 11.9. The second-order valence-corrected chi connectivity index (χ2v) is 8.38. The molecule has 0 saturated carbocycles. The Kier molecular flexibility index (Phi) is 8.27. The van der Waals surface area contributed by atoms with E-state index < -0.39 is 0 Å². The molecule has 0 fully saturated rings. The van der Waals surface area contributed by atoms with Gasteiger partial charge in [0.2, 0.25) is 23.5 Å². The molecule has 2 aromatic heterocycles. The lowest BCUT2D eigenvalue weighted by atomic mass is 10.1. The lowest BCUT2D eigenvalue weighted by molar-refractivity contribution is -0.121. The molecule has 11 heteroatoms. The minimum atomic E-state index is -0.128. The summed E-state index contributed by atoms with van der Waals surface area (Å²) in [6, 6.07) is 13.2. The van der Waals surface area contributed by atoms with E-state index in [1.165, 1.54) is 6.92 Å². The van der Waals surface area contributed by atoms with Crippen molar-refractivity contribution < 1.29 is 23.8 Å². The molecule has 0 aliphatic heterocycles. The van der Waals surface area contributed by atoms with E-state index in [0.29, 0.717) is 47.6 Å². The number of amides is 2. The molecule has 0 aliphatic carbocycles. The second-order valence-electron chi connectivity index (χ2n) is 8.38. The molecule has 0 spiro atoms. The number of carbonyl (C=O) groups excluding carboxylic acids is 2. The van der Waals surface area contributed by atoms with Crippen LogP contribution in [0.15, 0.2) is 54.9 Å². The van der Waals surface area contributed by atoms with Gasteiger partial charge in [0.15, 0.2) is 11.5 Å². The van der Waals surface area contributed by atoms with Crippen LogP contribution in [0.2, 0.25) is 0 Å². The molecule has 38 heavy (non-hydrogen) atoms. The van der Waals surface area contributed by atoms with Crippen molar-refractivity contribution in [2.24, 2.45) is 0 Å². The van der Waals surface area contributed by atoms with Crippen LogP contribution in [0.4, 0.5) is 11.6 Å². The zero-order chi connectivity index (χ0) is 27.1. The van der Waals surface area contributed by atoms with Crippen molar-refractivity contribution >= 4 is 34.5 Å². The number of benzene rings is 2. The Hall–Kier alpha value is -4.80. The van der Waals surface area contributed by atoms with E-state index >= 15 is 0 Å². The van der Waals surface area contributed by atoms with Crippen LogP contribution in [-0.2, 0) is 16.0 Å². The predicted octanol–water partition coefficient (Wildman–Crippen LogP) is 2.98. The molecule has 0 radical (unpaired) electrons. The minimum Gasteiger partial charge on any atom is -0.493 e. The van der Waals surface area contributed by atoms with E-state index in [4.69, 9.17) is 19.2 Å². The Morgan fingerprint density at radius 1 is 0.947 bits per heavy atom. The zero-order valence-electron chi connectivity index (χ0n) is 21.7. The number of anilines is 2. The average Bonchev–Trinajstić information content (AvgIpc) is 3.34. The van der Waals surface area contributed by atoms with Gasteiger partial charge in [-0.3, -0.25) is 9.59 Å². The van der Waals surface area contributed by atoms with Gasteiger partial charge < -0.3 is 34.7 Å². The largest absolute Gasteiger partial charge is 0.493 e. The van der Waals surface area contributed by atoms with Crippen LogP contribution in [0.3, 0.4) is 0 Å². The highest BCUT2D eigenvalue weighted by Gasteiger charge is 2.15. The Balaban J connectivity index is 1.54. The van der Waals surface area contributed by atoms with Gasteiger partial charge in [-0.2, -0.15) is 4.98 Å². The number of nitrogens with zero attached hydrogens (tertiary/aromatic N) is 3. The number of methoxy groups -OCH3 is 3. The fraction of sp³-hybridized carbons (Fsp3) is 0.259. The number of rotatable bonds is 11. The SMILES string of the molecule is COc1cc(Nc2ncc3ccn(-c4cccc(CC(=O)NCCNC(C)=O)c4)c3n2)cc(OC)c1OC. The summed E-state index contributed by atoms with van der Waals surface area (Å²) in [7, 11) is 4.66. The van der Waals surface area contributed by atoms with E-state index in [1.54, 1.807) is 39.7 Å². The van der Waals surface area contributed by atoms with Crippen LogP contribution in [0, 0.1) is 0 Å². The topological polar surface area (TPSA) is 129 Å². The van der Waals surface area contributed by atoms with Crippen molar-refractivity contribution in [1.29, 1.82) is 0 Å². The first-order chi connectivity index (χ1) is 18.4. The number of aromatic nitrogens is 3. The predicted molar refractivity (Wildman–Crippen MR) is 144 cm³/mol. The van der Waals surface area contributed by atoms with Gasteiger partial charge in [0.05, 0.1) is 27.8 Å². The molecule has 0 unspecified atom stereocenters. The van der Waals surface area contributed by atoms with Crippen molar-refractivity contribution in [2.75, 3.05) is 39.7 Å². The van der Waals surface area contributed by atoms with Gasteiger partial charge in [-0.05, 0) is 23.8 Å². The van der Waals surface area contributed by atoms with E-state index in [9.17, 15) is 9.59 Å². The number of fused-ring (bicyclic) bond motifs is 1. The lowest BCUT2D eigenvalue weighted by Gasteiger charge is -2.14. The van der Waals surface area contributed by atoms with Gasteiger partial charge in [0.25, 0.3) is 0 Å². The first-order valence-electron chi connectivity index (χ1n) is 11.9. The number of ether oxygens (including phenoxy) is 3. The monoisotopic (exact) mass is 518 g/mol. The zero-order valence-corrected chi connectivity index (χ0v) is 21.7. The highest BCUT2D eigenvalue weighted by Crippen LogP contribution is 2.40. The van der Waals surface area contributed by atoms with Crippen molar-refractivity contribution in [1.82, 2.24) is 25.2 Å². The molecule has 2 amide bonds. The van der Waals surface area contributed by atoms with Gasteiger partial charge >= 0.3 is 0 Å². The maximum Gasteiger partial charge on any atom is 0.229 e. The van der Waals surface area contributed by atoms with E-state index in [2.05, 4.69) is 20.9 Å². The molecule has 3 N–H and O–H groups in total. The van der Waals surface area contributed by atoms with Crippen molar-refractivity contribution in [3.05, 3.63) is 60.4 Å². The van der Waals surface area contributed by atoms with Crippen LogP contribution in [0.5, 0.6) is 17.2 Å². The van der Waals surface area contributed by atoms with Crippen LogP contribution in [0.25, 0.3) is 16.7 Å². The van der Waals surface area contributed by atoms with Crippen LogP contribution < -0.4 is 30.2 Å². The summed E-state index contributed by atoms with van der Waals surface area (Å²) in [4.78, 5) is 32.5. The maximum atomic E-state index is 12.3. The van der Waals surface area contributed by atoms with Crippen molar-refractivity contribution in [2.45, 2.75) is 13.3 Å². The highest BCUT2D eigenvalue weighted by molar-refractivity contribution is 5.80. The fourth-order valence-corrected chi connectivity index (χ4v) is 3.97. The highest BCUT2D eigenvalue weighted by atomic mass is 16.5. The summed E-state index contributed by atoms with van der Waals surface area (Å²) >= 11 is 0. The number of carbonyl (C=O) groups is 2. The molecule has 0 bridgehead atoms. The normalized spacial score (nSPS) is 10.6. The fourth-order valence-electron chi connectivity index (χ4n) is 3.97. The third-order valence-electron chi connectivity index (χ3n) is 5.72. The molecule has 2 aromatic carbocycles. The van der Waals surface area contributed by atoms with Gasteiger partial charge in [0.1, 0.15) is 5.65 Å². The first kappa shape index (κ1) is 26.3. The van der Waals surface area contributed by atoms with Gasteiger partial charge in [-0.15, -0.1) is 0 Å². The van der Waals surface area contributed by atoms with Crippen LogP contribution in [-0.4, -0.2) is 60.8 Å². The number of nitrogens with one attached hydrogen (secondary N) is 3. The van der Waals surface area contributed by atoms with E-state index in [0.717, 1.165) is 16.6 Å². The molecular formula is C27H30N6O5. The second kappa shape index (κ2) is 12.0. The molecule has 11 nitrogen and oxygen atoms in total. The van der Waals surface area contributed by atoms with Crippen LogP contribution >= 0.6 is 0 Å². The molecule has 0 aliphatic rings. The van der Waals surface area contributed by atoms with Crippen LogP contribution in [0.1, 0.15) is 12.5 Å². The number of hydrogen-bond acceptors (Lipinski definition) is 8. The van der Waals surface area contributed by atoms with Gasteiger partial charge in [0, 0.05) is 61.3 Å². The summed E-state index contributed by atoms with van der Waals surface area (Å²) in [5, 5.41) is 9.53. The quantitative estimate of drug-likeness (QED) is 0.259. The molecule has 4 rings (SSSR count). The Morgan fingerprint density at radius 2 is 1.68 bits per heavy atom. The van der Waals surface area contributed by atoms with Crippen molar-refractivity contribution in [3.8, 4) is 22.9 Å². The van der Waals surface area contributed by atoms with Gasteiger partial charge in [-0.25, -0.2) is 4.98 Å². The average molecular weight is 519 g/mol. The summed E-state index contributed by atoms with van der Waals surface area (Å²) in [6.07, 6.45) is 3.87. The molecule has 198 valence electrons. The summed E-state index contributed by atoms with van der Waals surface area (Å²) < 4.78 is 18.2. The van der Waals surface area contributed by atoms with E-state index in [1.807, 2.05) is 41.1 Å². The molecule has 0 saturated heterocycles. The molecule has 0 atom stereocenters. The Morgan fingerprint density at radius 3 is 2.37 bits per heavy atom. The Bertz CT molecular complexity index is 1430. The summed E-state index contributed by atoms with van der Waals surface area (Å²) in [5.41, 5.74) is 3.09. The lowest BCUT2D eigenvalue weighted by Crippen LogP contribution is -2.34. The van der Waals surface area contributed by atoms with Crippen molar-refractivity contribution in [3.63, 3.8) is 0 Å².